The van der Waals surface area contributed by atoms with Gasteiger partial charge in [0.2, 0.25) is 11.8 Å². The zero-order valence-corrected chi connectivity index (χ0v) is 41.8. The van der Waals surface area contributed by atoms with E-state index in [0.717, 1.165) is 127 Å². The van der Waals surface area contributed by atoms with Gasteiger partial charge in [0.15, 0.2) is 0 Å². The number of aromatic nitrogens is 9. The van der Waals surface area contributed by atoms with Crippen LogP contribution in [-0.2, 0) is 9.59 Å². The van der Waals surface area contributed by atoms with E-state index in [0.29, 0.717) is 41.8 Å². The third-order valence-corrected chi connectivity index (χ3v) is 16.8. The summed E-state index contributed by atoms with van der Waals surface area (Å²) in [7, 11) is 6.39. The van der Waals surface area contributed by atoms with Crippen LogP contribution in [0.2, 0.25) is 0 Å². The van der Waals surface area contributed by atoms with E-state index in [9.17, 15) is 9.59 Å². The van der Waals surface area contributed by atoms with Crippen molar-refractivity contribution in [2.75, 3.05) is 75.1 Å². The van der Waals surface area contributed by atoms with Crippen molar-refractivity contribution in [3.05, 3.63) is 55.8 Å². The highest BCUT2D eigenvalue weighted by Crippen LogP contribution is 2.42. The fraction of sp³-hybridized carbons (Fsp3) is 0.569. The summed E-state index contributed by atoms with van der Waals surface area (Å²) in [6.07, 6.45) is 21.1. The van der Waals surface area contributed by atoms with Crippen molar-refractivity contribution in [2.24, 2.45) is 35.5 Å². The maximum Gasteiger partial charge on any atom is 0.236 e. The Bertz CT molecular complexity index is 2730. The number of likely N-dealkylation sites (tertiary alicyclic amines) is 2. The maximum absolute atomic E-state index is 12.0. The number of nitrogens with one attached hydrogen (secondary N) is 4. The molecule has 6 aliphatic rings. The molecule has 3 aliphatic carbocycles. The number of halogens is 1. The molecule has 0 spiro atoms. The summed E-state index contributed by atoms with van der Waals surface area (Å²) >= 11 is 0. The molecular formula is C51H66ClN17O2. The molecule has 0 aromatic carbocycles. The van der Waals surface area contributed by atoms with Crippen molar-refractivity contribution in [2.45, 2.75) is 88.8 Å². The van der Waals surface area contributed by atoms with Gasteiger partial charge >= 0.3 is 0 Å². The third-order valence-electron chi connectivity index (χ3n) is 16.8. The Balaban J connectivity index is 0.000000132. The van der Waals surface area contributed by atoms with Gasteiger partial charge in [0.1, 0.15) is 66.2 Å². The predicted octanol–water partition coefficient (Wildman–Crippen LogP) is 6.07. The van der Waals surface area contributed by atoms with E-state index < -0.39 is 0 Å². The first kappa shape index (κ1) is 49.4. The smallest absolute Gasteiger partial charge is 0.236 e. The number of aromatic amines is 3. The molecule has 6 fully saturated rings. The van der Waals surface area contributed by atoms with E-state index in [1.54, 1.807) is 19.0 Å². The Hall–Kier alpha value is -6.57. The second kappa shape index (κ2) is 21.8. The molecule has 3 saturated heterocycles. The molecule has 4 N–H and O–H groups in total. The quantitative estimate of drug-likeness (QED) is 0.136. The van der Waals surface area contributed by atoms with Crippen molar-refractivity contribution in [3.63, 3.8) is 0 Å². The summed E-state index contributed by atoms with van der Waals surface area (Å²) < 4.78 is 0. The van der Waals surface area contributed by atoms with Gasteiger partial charge < -0.3 is 44.8 Å². The molecule has 0 bridgehead atoms. The van der Waals surface area contributed by atoms with Gasteiger partial charge in [-0.15, -0.1) is 12.4 Å². The number of carbonyl (C=O) groups excluding carboxylic acids is 2. The number of H-pyrrole nitrogens is 3. The number of fused-ring (bicyclic) bond motifs is 6. The SMILES string of the molecule is CN(c1ncnc2[nH]ccc12)C1CC[C@H]2CN(C(=O)CC#N)C[C@H]2C1.CN(c1ncnc2[nH]ccc12)C1CC[C@H]2CN(C(=O)CC#N)C[C@H]2C1.CN(c1ncnc2[nH]ccc12)C1CC[C@H]2CNC[C@H]2C1.Cl. The highest BCUT2D eigenvalue weighted by molar-refractivity contribution is 5.89. The summed E-state index contributed by atoms with van der Waals surface area (Å²) in [5.41, 5.74) is 2.65. The molecular weight excluding hydrogens is 918 g/mol. The van der Waals surface area contributed by atoms with E-state index in [1.165, 1.54) is 32.4 Å². The van der Waals surface area contributed by atoms with Crippen LogP contribution in [0.4, 0.5) is 17.5 Å². The van der Waals surface area contributed by atoms with Crippen LogP contribution < -0.4 is 20.0 Å². The van der Waals surface area contributed by atoms with Gasteiger partial charge in [-0.2, -0.15) is 10.5 Å². The lowest BCUT2D eigenvalue weighted by Gasteiger charge is -2.37. The van der Waals surface area contributed by atoms with Gasteiger partial charge in [-0.05, 0) is 125 Å². The summed E-state index contributed by atoms with van der Waals surface area (Å²) in [5.74, 6) is 6.88. The molecule has 19 nitrogen and oxygen atoms in total. The summed E-state index contributed by atoms with van der Waals surface area (Å²) in [5, 5.41) is 24.3. The van der Waals surface area contributed by atoms with Gasteiger partial charge in [0.05, 0.1) is 28.3 Å². The number of carbonyl (C=O) groups is 2. The van der Waals surface area contributed by atoms with E-state index in [1.807, 2.05) is 52.7 Å². The van der Waals surface area contributed by atoms with Crippen LogP contribution in [0.1, 0.15) is 70.6 Å². The Labute approximate surface area is 420 Å². The van der Waals surface area contributed by atoms with E-state index in [4.69, 9.17) is 10.5 Å². The Kier molecular flexibility index (Phi) is 15.2. The predicted molar refractivity (Wildman–Crippen MR) is 274 cm³/mol. The number of nitrogens with zero attached hydrogens (tertiary/aromatic N) is 13. The van der Waals surface area contributed by atoms with Crippen LogP contribution in [0.15, 0.2) is 55.8 Å². The number of hydrogen-bond donors (Lipinski definition) is 4. The largest absolute Gasteiger partial charge is 0.356 e. The number of anilines is 3. The molecule has 374 valence electrons. The summed E-state index contributed by atoms with van der Waals surface area (Å²) in [6.45, 7) is 5.63. The van der Waals surface area contributed by atoms with Crippen LogP contribution in [-0.4, -0.2) is 145 Å². The monoisotopic (exact) mass is 984 g/mol. The Morgan fingerprint density at radius 1 is 0.535 bits per heavy atom. The van der Waals surface area contributed by atoms with E-state index >= 15 is 0 Å². The molecule has 6 aromatic rings. The zero-order chi connectivity index (χ0) is 48.3. The zero-order valence-electron chi connectivity index (χ0n) is 41.0. The van der Waals surface area contributed by atoms with Crippen molar-refractivity contribution >= 4 is 74.8 Å². The third kappa shape index (κ3) is 10.3. The fourth-order valence-electron chi connectivity index (χ4n) is 12.8. The second-order valence-electron chi connectivity index (χ2n) is 20.5. The standard InChI is InChI=1S/2C18H22N6O.C15H21N5.ClH/c2*1-23(18-15-5-7-20-17(15)21-11-22-18)14-3-2-12-9-24(10-13(12)8-14)16(25)4-6-19;1-20(12-3-2-10-7-16-8-11(10)6-12)15-13-4-5-17-14(13)18-9-19-15;/h2*5,7,11-14H,2-4,8-10H2,1H3,(H,20,21,22);4-5,9-12,16H,2-3,6-8H2,1H3,(H,17,18,19);1H/t2*12-,13+,14?;10-,11+,12?;/m000./s1. The molecule has 6 aromatic heterocycles. The molecule has 9 heterocycles. The Morgan fingerprint density at radius 3 is 1.28 bits per heavy atom. The summed E-state index contributed by atoms with van der Waals surface area (Å²) in [6, 6.07) is 11.5. The van der Waals surface area contributed by atoms with Gasteiger partial charge in [-0.1, -0.05) is 0 Å². The first-order valence-electron chi connectivity index (χ1n) is 25.2. The molecule has 3 saturated carbocycles. The number of nitriles is 2. The molecule has 3 aliphatic heterocycles. The van der Waals surface area contributed by atoms with Gasteiger partial charge in [0.25, 0.3) is 0 Å². The lowest BCUT2D eigenvalue weighted by atomic mass is 9.78. The number of rotatable bonds is 8. The number of hydrogen-bond acceptors (Lipinski definition) is 14. The molecule has 12 rings (SSSR count). The first-order chi connectivity index (χ1) is 34.2. The van der Waals surface area contributed by atoms with E-state index in [-0.39, 0.29) is 37.1 Å². The van der Waals surface area contributed by atoms with Crippen molar-refractivity contribution < 1.29 is 9.59 Å². The average molecular weight is 985 g/mol. The van der Waals surface area contributed by atoms with Gasteiger partial charge in [0, 0.05) is 84.0 Å². The minimum atomic E-state index is -0.0216. The molecule has 0 radical (unpaired) electrons. The van der Waals surface area contributed by atoms with Crippen LogP contribution in [0.3, 0.4) is 0 Å². The normalized spacial score (nSPS) is 26.4. The molecule has 20 heteroatoms. The van der Waals surface area contributed by atoms with Gasteiger partial charge in [-0.3, -0.25) is 9.59 Å². The lowest BCUT2D eigenvalue weighted by molar-refractivity contribution is -0.130. The fourth-order valence-corrected chi connectivity index (χ4v) is 12.8. The van der Waals surface area contributed by atoms with E-state index in [2.05, 4.69) is 92.1 Å². The van der Waals surface area contributed by atoms with Crippen molar-refractivity contribution in [1.29, 1.82) is 10.5 Å². The van der Waals surface area contributed by atoms with Crippen molar-refractivity contribution in [1.82, 2.24) is 60.0 Å². The van der Waals surface area contributed by atoms with Crippen LogP contribution >= 0.6 is 12.4 Å². The molecule has 2 amide bonds. The number of amides is 2. The van der Waals surface area contributed by atoms with Crippen LogP contribution in [0.25, 0.3) is 33.1 Å². The lowest BCUT2D eigenvalue weighted by Crippen LogP contribution is -2.39. The maximum atomic E-state index is 12.0. The highest BCUT2D eigenvalue weighted by atomic mass is 35.5. The molecule has 3 unspecified atom stereocenters. The minimum absolute atomic E-state index is 0. The summed E-state index contributed by atoms with van der Waals surface area (Å²) in [4.78, 5) is 70.5. The van der Waals surface area contributed by atoms with Crippen molar-refractivity contribution in [3.8, 4) is 12.1 Å². The second-order valence-corrected chi connectivity index (χ2v) is 20.5. The highest BCUT2D eigenvalue weighted by Gasteiger charge is 2.42. The minimum Gasteiger partial charge on any atom is -0.356 e. The van der Waals surface area contributed by atoms with Gasteiger partial charge in [-0.25, -0.2) is 29.9 Å². The molecule has 9 atom stereocenters. The van der Waals surface area contributed by atoms with Crippen LogP contribution in [0.5, 0.6) is 0 Å². The first-order valence-corrected chi connectivity index (χ1v) is 25.2. The van der Waals surface area contributed by atoms with Crippen LogP contribution in [0, 0.1) is 58.2 Å². The molecule has 71 heavy (non-hydrogen) atoms. The Morgan fingerprint density at radius 2 is 0.887 bits per heavy atom. The topological polar surface area (TPSA) is 235 Å². The average Bonchev–Trinajstić information content (AvgIpc) is 4.25.